The predicted octanol–water partition coefficient (Wildman–Crippen LogP) is -4.76. The third-order valence-corrected chi connectivity index (χ3v) is 0. The van der Waals surface area contributed by atoms with Gasteiger partial charge >= 0.3 is 58.4 Å². The molecule has 9 heteroatoms. The SMILES string of the molecule is O.O=P(O)(O)O.[H-].[Na+].[O]=[V]. The summed E-state index contributed by atoms with van der Waals surface area (Å²) in [6.07, 6.45) is 0. The summed E-state index contributed by atoms with van der Waals surface area (Å²) >= 11 is 1.06. The Hall–Kier alpha value is 1.45. The molecule has 0 amide bonds. The van der Waals surface area contributed by atoms with E-state index in [-0.39, 0.29) is 36.5 Å². The van der Waals surface area contributed by atoms with Crippen molar-refractivity contribution in [2.75, 3.05) is 0 Å². The summed E-state index contributed by atoms with van der Waals surface area (Å²) in [6.45, 7) is 0. The molecule has 0 saturated carbocycles. The van der Waals surface area contributed by atoms with E-state index in [4.69, 9.17) is 22.9 Å². The summed E-state index contributed by atoms with van der Waals surface area (Å²) in [4.78, 5) is 21.6. The fraction of sp³-hybridized carbons (Fsp3) is 0. The van der Waals surface area contributed by atoms with Crippen LogP contribution in [-0.4, -0.2) is 20.2 Å². The fourth-order valence-corrected chi connectivity index (χ4v) is 0. The minimum atomic E-state index is -4.64. The Morgan fingerprint density at radius 1 is 1.22 bits per heavy atom. The molecule has 0 aromatic heterocycles. The monoisotopic (exact) mass is 207 g/mol. The molecule has 6 nitrogen and oxygen atoms in total. The van der Waals surface area contributed by atoms with Crippen molar-refractivity contribution in [3.05, 3.63) is 0 Å². The standard InChI is InChI=1S/Na.H3O4P.H2O.O.V.H/c;1-5(2,3)4;;;;/h;(H3,1,2,3,4);1H2;;;/q+1;;;;;-1. The van der Waals surface area contributed by atoms with Crippen molar-refractivity contribution < 1.29 is 76.7 Å². The molecule has 0 aliphatic heterocycles. The Bertz CT molecular complexity index is 73.6. The molecular formula is H6NaO6PV. The second kappa shape index (κ2) is 12.2. The van der Waals surface area contributed by atoms with Crippen LogP contribution in [0.15, 0.2) is 0 Å². The molecule has 0 spiro atoms. The average Bonchev–Trinajstić information content (AvgIpc) is 1.36. The van der Waals surface area contributed by atoms with Crippen molar-refractivity contribution >= 4 is 7.82 Å². The van der Waals surface area contributed by atoms with Crippen LogP contribution in [0.25, 0.3) is 0 Å². The van der Waals surface area contributed by atoms with Crippen LogP contribution in [0.1, 0.15) is 1.43 Å². The number of rotatable bonds is 0. The van der Waals surface area contributed by atoms with Gasteiger partial charge in [0.15, 0.2) is 0 Å². The van der Waals surface area contributed by atoms with E-state index in [2.05, 4.69) is 0 Å². The third-order valence-electron chi connectivity index (χ3n) is 0. The van der Waals surface area contributed by atoms with Crippen molar-refractivity contribution in [2.24, 2.45) is 0 Å². The van der Waals surface area contributed by atoms with Gasteiger partial charge in [-0.25, -0.2) is 4.57 Å². The molecule has 0 aliphatic rings. The molecule has 0 saturated heterocycles. The van der Waals surface area contributed by atoms with Crippen molar-refractivity contribution in [3.63, 3.8) is 0 Å². The first-order valence-corrected chi connectivity index (χ1v) is 3.10. The molecule has 0 fully saturated rings. The molecule has 5 N–H and O–H groups in total. The molecule has 0 unspecified atom stereocenters. The first-order valence-electron chi connectivity index (χ1n) is 0.965. The number of hydrogen-bond donors (Lipinski definition) is 3. The summed E-state index contributed by atoms with van der Waals surface area (Å²) in [7, 11) is -4.64. The number of phosphoric acid groups is 1. The van der Waals surface area contributed by atoms with Crippen LogP contribution in [0.5, 0.6) is 0 Å². The summed E-state index contributed by atoms with van der Waals surface area (Å²) < 4.78 is 17.1. The maximum absolute atomic E-state index is 8.88. The summed E-state index contributed by atoms with van der Waals surface area (Å²) in [5, 5.41) is 0. The van der Waals surface area contributed by atoms with Crippen LogP contribution < -0.4 is 29.6 Å². The first-order chi connectivity index (χ1) is 3.00. The van der Waals surface area contributed by atoms with E-state index in [1.807, 2.05) is 0 Å². The van der Waals surface area contributed by atoms with Gasteiger partial charge in [0.25, 0.3) is 0 Å². The van der Waals surface area contributed by atoms with E-state index in [1.165, 1.54) is 0 Å². The maximum atomic E-state index is 8.88. The van der Waals surface area contributed by atoms with E-state index >= 15 is 0 Å². The second-order valence-electron chi connectivity index (χ2n) is 0.513. The van der Waals surface area contributed by atoms with Crippen molar-refractivity contribution in [2.45, 2.75) is 0 Å². The zero-order chi connectivity index (χ0) is 6.50. The van der Waals surface area contributed by atoms with Gasteiger partial charge < -0.3 is 21.6 Å². The first kappa shape index (κ1) is 22.4. The van der Waals surface area contributed by atoms with Crippen LogP contribution in [0.4, 0.5) is 0 Å². The Labute approximate surface area is 84.2 Å². The van der Waals surface area contributed by atoms with Crippen molar-refractivity contribution in [3.8, 4) is 0 Å². The molecule has 0 aliphatic carbocycles. The van der Waals surface area contributed by atoms with Gasteiger partial charge in [0.2, 0.25) is 0 Å². The summed E-state index contributed by atoms with van der Waals surface area (Å²) in [5.41, 5.74) is 0. The van der Waals surface area contributed by atoms with Gasteiger partial charge in [-0.2, -0.15) is 0 Å². The van der Waals surface area contributed by atoms with Crippen molar-refractivity contribution in [1.82, 2.24) is 0 Å². The molecule has 0 bridgehead atoms. The van der Waals surface area contributed by atoms with Gasteiger partial charge in [0.1, 0.15) is 0 Å². The topological polar surface area (TPSA) is 126 Å². The van der Waals surface area contributed by atoms with Crippen molar-refractivity contribution in [1.29, 1.82) is 0 Å². The van der Waals surface area contributed by atoms with E-state index in [0.29, 0.717) is 0 Å². The normalized spacial score (nSPS) is 6.89. The van der Waals surface area contributed by atoms with Gasteiger partial charge in [0, 0.05) is 0 Å². The molecule has 9 heavy (non-hydrogen) atoms. The molecular weight excluding hydrogens is 201 g/mol. The Kier molecular flexibility index (Phi) is 30.3. The molecule has 0 radical (unpaired) electrons. The van der Waals surface area contributed by atoms with E-state index in [9.17, 15) is 0 Å². The second-order valence-corrected chi connectivity index (χ2v) is 1.54. The third kappa shape index (κ3) is 248. The molecule has 0 aromatic rings. The summed E-state index contributed by atoms with van der Waals surface area (Å²) in [5.74, 6) is 0. The van der Waals surface area contributed by atoms with Gasteiger partial charge in [-0.1, -0.05) is 0 Å². The van der Waals surface area contributed by atoms with E-state index in [1.54, 1.807) is 0 Å². The van der Waals surface area contributed by atoms with Crippen LogP contribution >= 0.6 is 7.82 Å². The van der Waals surface area contributed by atoms with E-state index in [0.717, 1.165) is 17.4 Å². The molecule has 53 valence electrons. The van der Waals surface area contributed by atoms with E-state index < -0.39 is 7.82 Å². The van der Waals surface area contributed by atoms with Crippen LogP contribution in [0.2, 0.25) is 0 Å². The van der Waals surface area contributed by atoms with Gasteiger partial charge in [-0.15, -0.1) is 0 Å². The average molecular weight is 207 g/mol. The molecule has 0 aromatic carbocycles. The zero-order valence-corrected chi connectivity index (χ0v) is 8.84. The van der Waals surface area contributed by atoms with Gasteiger partial charge in [-0.05, 0) is 0 Å². The van der Waals surface area contributed by atoms with Crippen LogP contribution in [0, 0.1) is 0 Å². The summed E-state index contributed by atoms with van der Waals surface area (Å²) in [6, 6.07) is 0. The Morgan fingerprint density at radius 3 is 1.22 bits per heavy atom. The number of hydrogen-bond acceptors (Lipinski definition) is 2. The van der Waals surface area contributed by atoms with Gasteiger partial charge in [-0.3, -0.25) is 0 Å². The quantitative estimate of drug-likeness (QED) is 0.271. The zero-order valence-electron chi connectivity index (χ0n) is 5.55. The Balaban J connectivity index is -0.0000000154. The fourth-order valence-electron chi connectivity index (χ4n) is 0. The Morgan fingerprint density at radius 2 is 1.22 bits per heavy atom. The molecule has 0 heterocycles. The van der Waals surface area contributed by atoms with Gasteiger partial charge in [0.05, 0.1) is 0 Å². The van der Waals surface area contributed by atoms with Crippen LogP contribution in [0.3, 0.4) is 0 Å². The van der Waals surface area contributed by atoms with Crippen LogP contribution in [-0.2, 0) is 25.6 Å². The predicted molar refractivity (Wildman–Crippen MR) is 19.7 cm³/mol. The minimum absolute atomic E-state index is 0. The molecule has 0 rings (SSSR count). The molecule has 0 atom stereocenters.